The number of aromatic nitrogens is 1. The number of esters is 1. The van der Waals surface area contributed by atoms with Gasteiger partial charge in [0, 0.05) is 29.7 Å². The molecule has 0 unspecified atom stereocenters. The standard InChI is InChI=1S/C22H22N2O2.ClH/c1-15-18-9-11-23-22(18)19-13-17(7-8-20(19)24-15)14-21(25)26-12-10-16-5-3-2-4-6-16;/h2-8,13,23H,9-12,14H2,1H3;1H. The Labute approximate surface area is 165 Å². The number of benzene rings is 2. The molecule has 0 radical (unpaired) electrons. The van der Waals surface area contributed by atoms with Crippen LogP contribution in [0.3, 0.4) is 0 Å². The van der Waals surface area contributed by atoms with Gasteiger partial charge in [0.1, 0.15) is 0 Å². The third kappa shape index (κ3) is 4.22. The summed E-state index contributed by atoms with van der Waals surface area (Å²) in [6.45, 7) is 3.42. The van der Waals surface area contributed by atoms with Gasteiger partial charge in [-0.25, -0.2) is 0 Å². The van der Waals surface area contributed by atoms with E-state index in [-0.39, 0.29) is 24.8 Å². The van der Waals surface area contributed by atoms with Gasteiger partial charge < -0.3 is 10.1 Å². The summed E-state index contributed by atoms with van der Waals surface area (Å²) in [5, 5.41) is 4.56. The van der Waals surface area contributed by atoms with Gasteiger partial charge in [0.05, 0.1) is 18.5 Å². The molecule has 140 valence electrons. The van der Waals surface area contributed by atoms with Gasteiger partial charge in [0.25, 0.3) is 0 Å². The lowest BCUT2D eigenvalue weighted by atomic mass is 10.0. The van der Waals surface area contributed by atoms with Crippen LogP contribution < -0.4 is 5.32 Å². The lowest BCUT2D eigenvalue weighted by Gasteiger charge is -2.10. The second-order valence-electron chi connectivity index (χ2n) is 6.71. The van der Waals surface area contributed by atoms with Crippen molar-refractivity contribution >= 4 is 35.0 Å². The van der Waals surface area contributed by atoms with Crippen LogP contribution >= 0.6 is 12.4 Å². The van der Waals surface area contributed by atoms with Crippen molar-refractivity contribution < 1.29 is 9.53 Å². The first-order valence-electron chi connectivity index (χ1n) is 9.06. The molecule has 0 aliphatic carbocycles. The molecule has 27 heavy (non-hydrogen) atoms. The highest BCUT2D eigenvalue weighted by Crippen LogP contribution is 2.32. The smallest absolute Gasteiger partial charge is 0.310 e. The number of fused-ring (bicyclic) bond motifs is 3. The number of hydrogen-bond donors (Lipinski definition) is 1. The van der Waals surface area contributed by atoms with Crippen LogP contribution in [0.4, 0.5) is 5.69 Å². The average Bonchev–Trinajstić information content (AvgIpc) is 3.14. The van der Waals surface area contributed by atoms with E-state index in [2.05, 4.69) is 18.3 Å². The van der Waals surface area contributed by atoms with E-state index >= 15 is 0 Å². The van der Waals surface area contributed by atoms with Gasteiger partial charge in [-0.3, -0.25) is 9.78 Å². The molecule has 4 rings (SSSR count). The third-order valence-corrected chi connectivity index (χ3v) is 4.88. The Morgan fingerprint density at radius 3 is 2.78 bits per heavy atom. The fourth-order valence-corrected chi connectivity index (χ4v) is 3.55. The van der Waals surface area contributed by atoms with Crippen molar-refractivity contribution in [2.75, 3.05) is 18.5 Å². The predicted octanol–water partition coefficient (Wildman–Crippen LogP) is 4.26. The molecule has 1 aliphatic heterocycles. The summed E-state index contributed by atoms with van der Waals surface area (Å²) in [4.78, 5) is 16.9. The van der Waals surface area contributed by atoms with Crippen molar-refractivity contribution in [2.45, 2.75) is 26.2 Å². The number of pyridine rings is 1. The Balaban J connectivity index is 0.00000210. The molecule has 2 aromatic carbocycles. The maximum atomic E-state index is 12.2. The zero-order valence-corrected chi connectivity index (χ0v) is 16.1. The van der Waals surface area contributed by atoms with Crippen LogP contribution in [0.15, 0.2) is 48.5 Å². The van der Waals surface area contributed by atoms with Gasteiger partial charge in [0.15, 0.2) is 0 Å². The minimum Gasteiger partial charge on any atom is -0.465 e. The second kappa shape index (κ2) is 8.40. The van der Waals surface area contributed by atoms with Crippen molar-refractivity contribution in [3.05, 3.63) is 70.9 Å². The van der Waals surface area contributed by atoms with Crippen LogP contribution in [-0.2, 0) is 28.8 Å². The molecule has 2 heterocycles. The predicted molar refractivity (Wildman–Crippen MR) is 111 cm³/mol. The van der Waals surface area contributed by atoms with Crippen molar-refractivity contribution in [1.29, 1.82) is 0 Å². The van der Waals surface area contributed by atoms with Crippen molar-refractivity contribution in [3.63, 3.8) is 0 Å². The summed E-state index contributed by atoms with van der Waals surface area (Å²) in [5.74, 6) is -0.190. The van der Waals surface area contributed by atoms with Crippen LogP contribution in [0.2, 0.25) is 0 Å². The van der Waals surface area contributed by atoms with Gasteiger partial charge >= 0.3 is 5.97 Å². The molecule has 0 fully saturated rings. The Bertz CT molecular complexity index is 957. The van der Waals surface area contributed by atoms with Crippen molar-refractivity contribution in [1.82, 2.24) is 4.98 Å². The highest BCUT2D eigenvalue weighted by atomic mass is 35.5. The molecule has 0 atom stereocenters. The SMILES string of the molecule is Cc1nc2ccc(CC(=O)OCCc3ccccc3)cc2c2c1CCN2.Cl. The van der Waals surface area contributed by atoms with Gasteiger partial charge in [-0.2, -0.15) is 0 Å². The summed E-state index contributed by atoms with van der Waals surface area (Å²) in [7, 11) is 0. The number of ether oxygens (including phenoxy) is 1. The topological polar surface area (TPSA) is 51.2 Å². The fourth-order valence-electron chi connectivity index (χ4n) is 3.55. The van der Waals surface area contributed by atoms with E-state index in [9.17, 15) is 4.79 Å². The van der Waals surface area contributed by atoms with Crippen LogP contribution in [-0.4, -0.2) is 24.1 Å². The number of carbonyl (C=O) groups excluding carboxylic acids is 1. The maximum absolute atomic E-state index is 12.2. The lowest BCUT2D eigenvalue weighted by Crippen LogP contribution is -2.10. The average molecular weight is 383 g/mol. The number of rotatable bonds is 5. The van der Waals surface area contributed by atoms with E-state index in [4.69, 9.17) is 9.72 Å². The number of aryl methyl sites for hydroxylation is 1. The molecule has 4 nitrogen and oxygen atoms in total. The molecule has 0 saturated carbocycles. The fraction of sp³-hybridized carbons (Fsp3) is 0.273. The van der Waals surface area contributed by atoms with Crippen LogP contribution in [0.25, 0.3) is 10.9 Å². The quantitative estimate of drug-likeness (QED) is 0.670. The normalized spacial score (nSPS) is 12.2. The number of nitrogens with zero attached hydrogens (tertiary/aromatic N) is 1. The number of anilines is 1. The van der Waals surface area contributed by atoms with E-state index in [0.717, 1.165) is 41.5 Å². The summed E-state index contributed by atoms with van der Waals surface area (Å²) >= 11 is 0. The minimum absolute atomic E-state index is 0. The molecule has 0 amide bonds. The van der Waals surface area contributed by atoms with Gasteiger partial charge in [0.2, 0.25) is 0 Å². The Morgan fingerprint density at radius 1 is 1.15 bits per heavy atom. The van der Waals surface area contributed by atoms with E-state index in [1.165, 1.54) is 16.8 Å². The molecular weight excluding hydrogens is 360 g/mol. The van der Waals surface area contributed by atoms with E-state index < -0.39 is 0 Å². The zero-order chi connectivity index (χ0) is 17.9. The maximum Gasteiger partial charge on any atom is 0.310 e. The Hall–Kier alpha value is -2.59. The summed E-state index contributed by atoms with van der Waals surface area (Å²) < 4.78 is 5.40. The van der Waals surface area contributed by atoms with Gasteiger partial charge in [-0.05, 0) is 42.2 Å². The van der Waals surface area contributed by atoms with Crippen LogP contribution in [0.1, 0.15) is 22.4 Å². The molecule has 3 aromatic rings. The molecule has 1 aliphatic rings. The lowest BCUT2D eigenvalue weighted by molar-refractivity contribution is -0.142. The molecule has 1 N–H and O–H groups in total. The molecule has 5 heteroatoms. The van der Waals surface area contributed by atoms with Crippen LogP contribution in [0.5, 0.6) is 0 Å². The largest absolute Gasteiger partial charge is 0.465 e. The first kappa shape index (κ1) is 19.2. The van der Waals surface area contributed by atoms with E-state index in [0.29, 0.717) is 6.61 Å². The molecule has 1 aromatic heterocycles. The van der Waals surface area contributed by atoms with E-state index in [1.54, 1.807) is 0 Å². The first-order chi connectivity index (χ1) is 12.7. The number of nitrogens with one attached hydrogen (secondary N) is 1. The summed E-state index contributed by atoms with van der Waals surface area (Å²) in [5.41, 5.74) is 6.66. The minimum atomic E-state index is -0.190. The monoisotopic (exact) mass is 382 g/mol. The summed E-state index contributed by atoms with van der Waals surface area (Å²) in [6, 6.07) is 16.1. The van der Waals surface area contributed by atoms with Crippen molar-refractivity contribution in [3.8, 4) is 0 Å². The zero-order valence-electron chi connectivity index (χ0n) is 15.3. The summed E-state index contributed by atoms with van der Waals surface area (Å²) in [6.07, 6.45) is 2.04. The number of halogens is 1. The van der Waals surface area contributed by atoms with Crippen LogP contribution in [0, 0.1) is 6.92 Å². The van der Waals surface area contributed by atoms with E-state index in [1.807, 2.05) is 42.5 Å². The molecular formula is C22H23ClN2O2. The third-order valence-electron chi connectivity index (χ3n) is 4.88. The molecule has 0 bridgehead atoms. The highest BCUT2D eigenvalue weighted by molar-refractivity contribution is 5.95. The first-order valence-corrected chi connectivity index (χ1v) is 9.06. The van der Waals surface area contributed by atoms with Gasteiger partial charge in [-0.15, -0.1) is 12.4 Å². The highest BCUT2D eigenvalue weighted by Gasteiger charge is 2.18. The Kier molecular flexibility index (Phi) is 5.97. The van der Waals surface area contributed by atoms with Crippen molar-refractivity contribution in [2.24, 2.45) is 0 Å². The Morgan fingerprint density at radius 2 is 1.96 bits per heavy atom. The second-order valence-corrected chi connectivity index (χ2v) is 6.71. The molecule has 0 spiro atoms. The number of hydrogen-bond acceptors (Lipinski definition) is 4. The van der Waals surface area contributed by atoms with Gasteiger partial charge in [-0.1, -0.05) is 36.4 Å². The molecule has 0 saturated heterocycles. The number of carbonyl (C=O) groups is 1.